The molecule has 0 bridgehead atoms. The summed E-state index contributed by atoms with van der Waals surface area (Å²) in [7, 11) is 0. The summed E-state index contributed by atoms with van der Waals surface area (Å²) >= 11 is 0. The topological polar surface area (TPSA) is 271 Å². The molecular formula is C22H40N2O14. The van der Waals surface area contributed by atoms with Crippen LogP contribution < -0.4 is 11.1 Å². The maximum atomic E-state index is 12.3. The molecule has 2 rings (SSSR count). The fourth-order valence-corrected chi connectivity index (χ4v) is 4.31. The molecule has 16 nitrogen and oxygen atoms in total. The lowest BCUT2D eigenvalue weighted by atomic mass is 9.88. The molecule has 0 aromatic carbocycles. The molecule has 2 saturated heterocycles. The van der Waals surface area contributed by atoms with E-state index < -0.39 is 98.5 Å². The van der Waals surface area contributed by atoms with Gasteiger partial charge in [0.1, 0.15) is 42.7 Å². The molecule has 16 heteroatoms. The Morgan fingerprint density at radius 1 is 1.11 bits per heavy atom. The van der Waals surface area contributed by atoms with Crippen molar-refractivity contribution in [3.05, 3.63) is 0 Å². The second-order valence-electron chi connectivity index (χ2n) is 9.42. The van der Waals surface area contributed by atoms with Crippen LogP contribution in [0.4, 0.5) is 0 Å². The number of carbonyl (C=O) groups is 2. The van der Waals surface area contributed by atoms with Gasteiger partial charge >= 0.3 is 5.97 Å². The maximum Gasteiger partial charge on any atom is 0.364 e. The van der Waals surface area contributed by atoms with Crippen molar-refractivity contribution in [2.24, 2.45) is 5.73 Å². The Morgan fingerprint density at radius 2 is 1.79 bits per heavy atom. The van der Waals surface area contributed by atoms with E-state index in [1.807, 2.05) is 0 Å². The Bertz CT molecular complexity index is 762. The van der Waals surface area contributed by atoms with Crippen LogP contribution in [-0.4, -0.2) is 146 Å². The van der Waals surface area contributed by atoms with Crippen molar-refractivity contribution in [3.8, 4) is 0 Å². The molecule has 2 heterocycles. The Balaban J connectivity index is 2.19. The van der Waals surface area contributed by atoms with Crippen LogP contribution in [0, 0.1) is 0 Å². The van der Waals surface area contributed by atoms with Gasteiger partial charge in [-0.2, -0.15) is 0 Å². The SMILES string of the molecule is CC(=O)NC1C(O)CC(OCC2OC(OCCCCCN)C(O)C(O)C2O)(C(=O)O)OC1C(O)C(O)CO. The van der Waals surface area contributed by atoms with Gasteiger partial charge in [-0.3, -0.25) is 4.79 Å². The Hall–Kier alpha value is -1.54. The third-order valence-corrected chi connectivity index (χ3v) is 6.47. The molecule has 222 valence electrons. The minimum atomic E-state index is -2.67. The lowest BCUT2D eigenvalue weighted by Gasteiger charge is -2.47. The van der Waals surface area contributed by atoms with Crippen molar-refractivity contribution in [2.45, 2.75) is 99.6 Å². The number of unbranched alkanes of at least 4 members (excludes halogenated alkanes) is 2. The molecule has 11 N–H and O–H groups in total. The summed E-state index contributed by atoms with van der Waals surface area (Å²) in [4.78, 5) is 23.9. The van der Waals surface area contributed by atoms with Crippen LogP contribution in [0.15, 0.2) is 0 Å². The molecule has 0 radical (unpaired) electrons. The number of nitrogens with two attached hydrogens (primary N) is 1. The first kappa shape index (κ1) is 32.7. The molecule has 2 aliphatic rings. The summed E-state index contributed by atoms with van der Waals surface area (Å²) in [5, 5.41) is 83.4. The Kier molecular flexibility index (Phi) is 12.7. The highest BCUT2D eigenvalue weighted by Crippen LogP contribution is 2.34. The predicted molar refractivity (Wildman–Crippen MR) is 124 cm³/mol. The molecule has 1 amide bonds. The average molecular weight is 557 g/mol. The fourth-order valence-electron chi connectivity index (χ4n) is 4.31. The molecule has 38 heavy (non-hydrogen) atoms. The number of carboxylic acid groups (broad SMARTS) is 1. The number of nitrogens with one attached hydrogen (secondary N) is 1. The van der Waals surface area contributed by atoms with Gasteiger partial charge < -0.3 is 70.9 Å². The van der Waals surface area contributed by atoms with Gasteiger partial charge in [-0.25, -0.2) is 4.79 Å². The highest BCUT2D eigenvalue weighted by Gasteiger charge is 2.56. The van der Waals surface area contributed by atoms with Gasteiger partial charge in [0.25, 0.3) is 5.79 Å². The van der Waals surface area contributed by atoms with E-state index in [1.165, 1.54) is 0 Å². The van der Waals surface area contributed by atoms with E-state index in [0.29, 0.717) is 13.0 Å². The van der Waals surface area contributed by atoms with Crippen molar-refractivity contribution >= 4 is 11.9 Å². The smallest absolute Gasteiger partial charge is 0.364 e. The number of rotatable bonds is 14. The summed E-state index contributed by atoms with van der Waals surface area (Å²) in [6.07, 6.45) is -13.8. The van der Waals surface area contributed by atoms with E-state index in [-0.39, 0.29) is 6.61 Å². The quantitative estimate of drug-likeness (QED) is 0.0898. The number of ether oxygens (including phenoxy) is 4. The van der Waals surface area contributed by atoms with Crippen molar-refractivity contribution in [3.63, 3.8) is 0 Å². The van der Waals surface area contributed by atoms with Gasteiger partial charge in [0.2, 0.25) is 5.91 Å². The zero-order chi connectivity index (χ0) is 28.6. The number of aliphatic carboxylic acids is 1. The van der Waals surface area contributed by atoms with Crippen LogP contribution in [0.3, 0.4) is 0 Å². The van der Waals surface area contributed by atoms with Gasteiger partial charge in [-0.1, -0.05) is 0 Å². The van der Waals surface area contributed by atoms with Crippen LogP contribution in [0.2, 0.25) is 0 Å². The van der Waals surface area contributed by atoms with Crippen LogP contribution in [0.1, 0.15) is 32.6 Å². The fraction of sp³-hybridized carbons (Fsp3) is 0.909. The largest absolute Gasteiger partial charge is 0.477 e. The summed E-state index contributed by atoms with van der Waals surface area (Å²) < 4.78 is 21.9. The highest BCUT2D eigenvalue weighted by molar-refractivity contribution is 5.76. The first-order valence-electron chi connectivity index (χ1n) is 12.4. The standard InChI is InChI=1S/C22H40N2O14/c1-10(26)24-14-11(27)7-22(21(33)34,38-19(14)15(29)12(28)8-25)36-9-13-16(30)17(31)18(32)20(37-13)35-6-4-2-3-5-23/h11-20,25,27-32H,2-9,23H2,1H3,(H,24,26)(H,33,34). The van der Waals surface area contributed by atoms with E-state index in [4.69, 9.17) is 24.7 Å². The van der Waals surface area contributed by atoms with E-state index in [2.05, 4.69) is 5.32 Å². The molecule has 0 saturated carbocycles. The second-order valence-corrected chi connectivity index (χ2v) is 9.42. The zero-order valence-electron chi connectivity index (χ0n) is 21.0. The summed E-state index contributed by atoms with van der Waals surface area (Å²) in [5.41, 5.74) is 5.43. The summed E-state index contributed by atoms with van der Waals surface area (Å²) in [6.45, 7) is 0.0571. The number of carboxylic acids is 1. The lowest BCUT2D eigenvalue weighted by molar-refractivity contribution is -0.338. The highest BCUT2D eigenvalue weighted by atomic mass is 16.7. The van der Waals surface area contributed by atoms with E-state index >= 15 is 0 Å². The molecule has 0 aromatic rings. The van der Waals surface area contributed by atoms with Crippen LogP contribution in [-0.2, 0) is 28.5 Å². The molecule has 11 atom stereocenters. The molecule has 0 aliphatic carbocycles. The normalized spacial score (nSPS) is 37.4. The van der Waals surface area contributed by atoms with Gasteiger partial charge in [-0.05, 0) is 25.8 Å². The summed E-state index contributed by atoms with van der Waals surface area (Å²) in [5.74, 6) is -5.08. The summed E-state index contributed by atoms with van der Waals surface area (Å²) in [6, 6.07) is -1.38. The molecule has 2 aliphatic heterocycles. The van der Waals surface area contributed by atoms with E-state index in [0.717, 1.165) is 19.8 Å². The monoisotopic (exact) mass is 556 g/mol. The molecular weight excluding hydrogens is 516 g/mol. The predicted octanol–water partition coefficient (Wildman–Crippen LogP) is -4.89. The zero-order valence-corrected chi connectivity index (χ0v) is 21.0. The molecule has 2 fully saturated rings. The number of hydrogen-bond acceptors (Lipinski definition) is 14. The number of hydrogen-bond donors (Lipinski definition) is 10. The molecule has 11 unspecified atom stereocenters. The number of carbonyl (C=O) groups excluding carboxylic acids is 1. The minimum absolute atomic E-state index is 0.143. The molecule has 0 spiro atoms. The van der Waals surface area contributed by atoms with Crippen LogP contribution in [0.25, 0.3) is 0 Å². The number of amides is 1. The van der Waals surface area contributed by atoms with Crippen LogP contribution in [0.5, 0.6) is 0 Å². The Labute approximate surface area is 218 Å². The van der Waals surface area contributed by atoms with Gasteiger partial charge in [0.05, 0.1) is 25.4 Å². The third-order valence-electron chi connectivity index (χ3n) is 6.47. The average Bonchev–Trinajstić information content (AvgIpc) is 2.87. The van der Waals surface area contributed by atoms with Crippen molar-refractivity contribution < 1.29 is 69.4 Å². The van der Waals surface area contributed by atoms with Crippen molar-refractivity contribution in [2.75, 3.05) is 26.4 Å². The van der Waals surface area contributed by atoms with Gasteiger partial charge in [-0.15, -0.1) is 0 Å². The van der Waals surface area contributed by atoms with E-state index in [9.17, 15) is 50.4 Å². The van der Waals surface area contributed by atoms with E-state index in [1.54, 1.807) is 0 Å². The Morgan fingerprint density at radius 3 is 2.37 bits per heavy atom. The number of aliphatic hydroxyl groups excluding tert-OH is 7. The van der Waals surface area contributed by atoms with Gasteiger partial charge in [0.15, 0.2) is 6.29 Å². The first-order valence-corrected chi connectivity index (χ1v) is 12.4. The first-order chi connectivity index (χ1) is 17.9. The minimum Gasteiger partial charge on any atom is -0.477 e. The van der Waals surface area contributed by atoms with Crippen molar-refractivity contribution in [1.29, 1.82) is 0 Å². The maximum absolute atomic E-state index is 12.3. The lowest BCUT2D eigenvalue weighted by Crippen LogP contribution is -2.68. The van der Waals surface area contributed by atoms with Gasteiger partial charge in [0, 0.05) is 20.0 Å². The van der Waals surface area contributed by atoms with Crippen molar-refractivity contribution in [1.82, 2.24) is 5.32 Å². The van der Waals surface area contributed by atoms with Crippen LogP contribution >= 0.6 is 0 Å². The number of aliphatic hydroxyl groups is 7. The second kappa shape index (κ2) is 14.7. The third kappa shape index (κ3) is 8.00. The molecule has 0 aromatic heterocycles.